The topological polar surface area (TPSA) is 35.2 Å². The lowest BCUT2D eigenvalue weighted by Gasteiger charge is -2.35. The Morgan fingerprint density at radius 1 is 1.20 bits per heavy atom. The highest BCUT2D eigenvalue weighted by Gasteiger charge is 2.30. The van der Waals surface area contributed by atoms with E-state index in [1.54, 1.807) is 0 Å². The summed E-state index contributed by atoms with van der Waals surface area (Å²) in [5.74, 6) is 2.41. The molecule has 3 atom stereocenters. The van der Waals surface area contributed by atoms with Gasteiger partial charge in [-0.15, -0.1) is 0 Å². The molecule has 3 rings (SSSR count). The SMILES string of the molecule is CCC1CCC(CN)C(Oc2ccc3c(c2)CCC3)C1. The van der Waals surface area contributed by atoms with Gasteiger partial charge in [-0.3, -0.25) is 0 Å². The van der Waals surface area contributed by atoms with E-state index in [1.807, 2.05) is 0 Å². The van der Waals surface area contributed by atoms with E-state index in [4.69, 9.17) is 10.5 Å². The minimum atomic E-state index is 0.318. The molecule has 2 heteroatoms. The second-order valence-electron chi connectivity index (χ2n) is 6.52. The van der Waals surface area contributed by atoms with Gasteiger partial charge >= 0.3 is 0 Å². The van der Waals surface area contributed by atoms with Crippen LogP contribution in [-0.4, -0.2) is 12.6 Å². The Labute approximate surface area is 122 Å². The smallest absolute Gasteiger partial charge is 0.120 e. The molecule has 2 aliphatic carbocycles. The van der Waals surface area contributed by atoms with Gasteiger partial charge in [0.1, 0.15) is 11.9 Å². The third-order valence-corrected chi connectivity index (χ3v) is 5.27. The van der Waals surface area contributed by atoms with Crippen molar-refractivity contribution in [2.24, 2.45) is 17.6 Å². The molecule has 110 valence electrons. The lowest BCUT2D eigenvalue weighted by Crippen LogP contribution is -2.38. The Morgan fingerprint density at radius 2 is 2.05 bits per heavy atom. The molecule has 20 heavy (non-hydrogen) atoms. The predicted octanol–water partition coefficient (Wildman–Crippen LogP) is 3.71. The number of rotatable bonds is 4. The summed E-state index contributed by atoms with van der Waals surface area (Å²) in [4.78, 5) is 0. The summed E-state index contributed by atoms with van der Waals surface area (Å²) in [5, 5.41) is 0. The molecule has 2 aliphatic rings. The van der Waals surface area contributed by atoms with Crippen molar-refractivity contribution in [2.75, 3.05) is 6.54 Å². The van der Waals surface area contributed by atoms with Crippen LogP contribution in [0, 0.1) is 11.8 Å². The van der Waals surface area contributed by atoms with Gasteiger partial charge in [0.25, 0.3) is 0 Å². The van der Waals surface area contributed by atoms with Crippen LogP contribution in [0.2, 0.25) is 0 Å². The van der Waals surface area contributed by atoms with Crippen LogP contribution in [0.5, 0.6) is 5.75 Å². The van der Waals surface area contributed by atoms with Gasteiger partial charge in [-0.1, -0.05) is 19.4 Å². The van der Waals surface area contributed by atoms with Crippen LogP contribution in [0.15, 0.2) is 18.2 Å². The molecule has 0 amide bonds. The molecule has 1 aromatic carbocycles. The Kier molecular flexibility index (Phi) is 4.30. The average Bonchev–Trinajstić information content (AvgIpc) is 2.94. The summed E-state index contributed by atoms with van der Waals surface area (Å²) in [6.07, 6.45) is 9.06. The highest BCUT2D eigenvalue weighted by Crippen LogP contribution is 2.34. The predicted molar refractivity (Wildman–Crippen MR) is 83.1 cm³/mol. The molecule has 0 aliphatic heterocycles. The van der Waals surface area contributed by atoms with Crippen LogP contribution < -0.4 is 10.5 Å². The van der Waals surface area contributed by atoms with Gasteiger partial charge in [-0.25, -0.2) is 0 Å². The zero-order valence-corrected chi connectivity index (χ0v) is 12.6. The zero-order chi connectivity index (χ0) is 13.9. The summed E-state index contributed by atoms with van der Waals surface area (Å²) in [5.41, 5.74) is 8.96. The zero-order valence-electron chi connectivity index (χ0n) is 12.6. The van der Waals surface area contributed by atoms with Crippen LogP contribution >= 0.6 is 0 Å². The highest BCUT2D eigenvalue weighted by molar-refractivity contribution is 5.38. The minimum absolute atomic E-state index is 0.318. The first-order valence-electron chi connectivity index (χ1n) is 8.28. The van der Waals surface area contributed by atoms with E-state index in [9.17, 15) is 0 Å². The van der Waals surface area contributed by atoms with E-state index in [1.165, 1.54) is 56.1 Å². The number of fused-ring (bicyclic) bond motifs is 1. The number of hydrogen-bond donors (Lipinski definition) is 1. The fourth-order valence-corrected chi connectivity index (χ4v) is 3.86. The number of aryl methyl sites for hydroxylation is 2. The quantitative estimate of drug-likeness (QED) is 0.907. The maximum atomic E-state index is 6.34. The first-order valence-corrected chi connectivity index (χ1v) is 8.28. The summed E-state index contributed by atoms with van der Waals surface area (Å²) >= 11 is 0. The molecule has 1 aromatic rings. The molecular weight excluding hydrogens is 246 g/mol. The van der Waals surface area contributed by atoms with Crippen molar-refractivity contribution in [3.05, 3.63) is 29.3 Å². The molecule has 0 radical (unpaired) electrons. The first kappa shape index (κ1) is 13.9. The number of nitrogens with two attached hydrogens (primary N) is 1. The minimum Gasteiger partial charge on any atom is -0.490 e. The number of hydrogen-bond acceptors (Lipinski definition) is 2. The second-order valence-corrected chi connectivity index (χ2v) is 6.52. The summed E-state index contributed by atoms with van der Waals surface area (Å²) in [6.45, 7) is 3.05. The maximum absolute atomic E-state index is 6.34. The molecule has 0 heterocycles. The lowest BCUT2D eigenvalue weighted by atomic mass is 9.78. The van der Waals surface area contributed by atoms with E-state index >= 15 is 0 Å². The van der Waals surface area contributed by atoms with Crippen LogP contribution in [0.4, 0.5) is 0 Å². The number of benzene rings is 1. The van der Waals surface area contributed by atoms with Gasteiger partial charge in [0.15, 0.2) is 0 Å². The van der Waals surface area contributed by atoms with Crippen molar-refractivity contribution in [3.8, 4) is 5.75 Å². The fraction of sp³-hybridized carbons (Fsp3) is 0.667. The molecule has 0 bridgehead atoms. The van der Waals surface area contributed by atoms with Crippen molar-refractivity contribution in [3.63, 3.8) is 0 Å². The first-order chi connectivity index (χ1) is 9.80. The third-order valence-electron chi connectivity index (χ3n) is 5.27. The Morgan fingerprint density at radius 3 is 2.85 bits per heavy atom. The van der Waals surface area contributed by atoms with Crippen molar-refractivity contribution >= 4 is 0 Å². The van der Waals surface area contributed by atoms with Crippen molar-refractivity contribution in [1.82, 2.24) is 0 Å². The standard InChI is InChI=1S/C18H27NO/c1-2-13-6-7-16(12-19)18(10-13)20-17-9-8-14-4-3-5-15(14)11-17/h8-9,11,13,16,18H,2-7,10,12,19H2,1H3. The average molecular weight is 273 g/mol. The van der Waals surface area contributed by atoms with E-state index in [0.717, 1.165) is 18.2 Å². The van der Waals surface area contributed by atoms with Gasteiger partial charge in [0.05, 0.1) is 0 Å². The van der Waals surface area contributed by atoms with Gasteiger partial charge in [-0.05, 0) is 74.2 Å². The van der Waals surface area contributed by atoms with Crippen molar-refractivity contribution < 1.29 is 4.74 Å². The molecular formula is C18H27NO. The summed E-state index contributed by atoms with van der Waals surface area (Å²) in [7, 11) is 0. The highest BCUT2D eigenvalue weighted by atomic mass is 16.5. The molecule has 2 N–H and O–H groups in total. The lowest BCUT2D eigenvalue weighted by molar-refractivity contribution is 0.0684. The Balaban J connectivity index is 1.71. The maximum Gasteiger partial charge on any atom is 0.120 e. The third kappa shape index (κ3) is 2.85. The van der Waals surface area contributed by atoms with Crippen molar-refractivity contribution in [1.29, 1.82) is 0 Å². The van der Waals surface area contributed by atoms with Crippen LogP contribution in [0.25, 0.3) is 0 Å². The van der Waals surface area contributed by atoms with Gasteiger partial charge in [0, 0.05) is 5.92 Å². The fourth-order valence-electron chi connectivity index (χ4n) is 3.86. The van der Waals surface area contributed by atoms with E-state index < -0.39 is 0 Å². The van der Waals surface area contributed by atoms with Gasteiger partial charge in [0.2, 0.25) is 0 Å². The Hall–Kier alpha value is -1.02. The van der Waals surface area contributed by atoms with Crippen molar-refractivity contribution in [2.45, 2.75) is 58.0 Å². The van der Waals surface area contributed by atoms with Crippen LogP contribution in [-0.2, 0) is 12.8 Å². The molecule has 2 nitrogen and oxygen atoms in total. The largest absolute Gasteiger partial charge is 0.490 e. The van der Waals surface area contributed by atoms with E-state index in [0.29, 0.717) is 12.0 Å². The number of ether oxygens (including phenoxy) is 1. The second kappa shape index (κ2) is 6.17. The molecule has 3 unspecified atom stereocenters. The van der Waals surface area contributed by atoms with Crippen LogP contribution in [0.1, 0.15) is 50.2 Å². The van der Waals surface area contributed by atoms with E-state index in [2.05, 4.69) is 25.1 Å². The molecule has 0 spiro atoms. The molecule has 1 fully saturated rings. The Bertz CT molecular complexity index is 457. The molecule has 1 saturated carbocycles. The van der Waals surface area contributed by atoms with Gasteiger partial charge in [-0.2, -0.15) is 0 Å². The molecule has 0 saturated heterocycles. The normalized spacial score (nSPS) is 29.2. The summed E-state index contributed by atoms with van der Waals surface area (Å²) in [6, 6.07) is 6.69. The van der Waals surface area contributed by atoms with Crippen LogP contribution in [0.3, 0.4) is 0 Å². The monoisotopic (exact) mass is 273 g/mol. The molecule has 0 aromatic heterocycles. The summed E-state index contributed by atoms with van der Waals surface area (Å²) < 4.78 is 6.34. The van der Waals surface area contributed by atoms with E-state index in [-0.39, 0.29) is 0 Å². The van der Waals surface area contributed by atoms with Gasteiger partial charge < -0.3 is 10.5 Å².